The predicted octanol–water partition coefficient (Wildman–Crippen LogP) is -0.853. The minimum Gasteiger partial charge on any atom is -0.394 e. The van der Waals surface area contributed by atoms with Gasteiger partial charge in [-0.05, 0) is 5.56 Å². The van der Waals surface area contributed by atoms with Crippen LogP contribution in [0, 0.1) is 0 Å². The van der Waals surface area contributed by atoms with E-state index in [1.807, 2.05) is 30.3 Å². The van der Waals surface area contributed by atoms with Crippen LogP contribution in [0.5, 0.6) is 0 Å². The van der Waals surface area contributed by atoms with Crippen molar-refractivity contribution in [2.24, 2.45) is 0 Å². The second-order valence-electron chi connectivity index (χ2n) is 5.23. The van der Waals surface area contributed by atoms with E-state index in [0.29, 0.717) is 0 Å². The van der Waals surface area contributed by atoms with Crippen molar-refractivity contribution in [3.05, 3.63) is 35.9 Å². The Morgan fingerprint density at radius 3 is 2.59 bits per heavy atom. The van der Waals surface area contributed by atoms with Gasteiger partial charge in [0, 0.05) is 6.92 Å². The lowest BCUT2D eigenvalue weighted by Crippen LogP contribution is -2.64. The molecule has 122 valence electrons. The molecule has 1 aromatic rings. The van der Waals surface area contributed by atoms with Crippen LogP contribution in [-0.2, 0) is 20.9 Å². The third-order valence-corrected chi connectivity index (χ3v) is 3.53. The molecule has 4 N–H and O–H groups in total. The largest absolute Gasteiger partial charge is 0.394 e. The summed E-state index contributed by atoms with van der Waals surface area (Å²) in [7, 11) is 0. The average molecular weight is 311 g/mol. The van der Waals surface area contributed by atoms with Gasteiger partial charge in [0.15, 0.2) is 6.29 Å². The molecule has 1 saturated heterocycles. The van der Waals surface area contributed by atoms with Crippen molar-refractivity contribution in [1.29, 1.82) is 0 Å². The van der Waals surface area contributed by atoms with Crippen LogP contribution in [0.3, 0.4) is 0 Å². The van der Waals surface area contributed by atoms with Crippen molar-refractivity contribution in [3.8, 4) is 0 Å². The van der Waals surface area contributed by atoms with Crippen LogP contribution in [0.25, 0.3) is 0 Å². The molecule has 7 nitrogen and oxygen atoms in total. The summed E-state index contributed by atoms with van der Waals surface area (Å²) in [5.74, 6) is -0.379. The van der Waals surface area contributed by atoms with Gasteiger partial charge < -0.3 is 30.1 Å². The Morgan fingerprint density at radius 1 is 1.32 bits per heavy atom. The zero-order valence-corrected chi connectivity index (χ0v) is 12.3. The molecule has 1 aliphatic rings. The summed E-state index contributed by atoms with van der Waals surface area (Å²) in [5, 5.41) is 31.9. The molecule has 0 saturated carbocycles. The van der Waals surface area contributed by atoms with Crippen molar-refractivity contribution in [2.45, 2.75) is 44.2 Å². The lowest BCUT2D eigenvalue weighted by Gasteiger charge is -2.42. The fourth-order valence-corrected chi connectivity index (χ4v) is 2.44. The Labute approximate surface area is 128 Å². The van der Waals surface area contributed by atoms with Crippen LogP contribution in [0.2, 0.25) is 0 Å². The maximum absolute atomic E-state index is 11.3. The number of rotatable bonds is 5. The van der Waals surface area contributed by atoms with Gasteiger partial charge in [0.2, 0.25) is 5.91 Å². The van der Waals surface area contributed by atoms with Crippen LogP contribution in [-0.4, -0.2) is 58.5 Å². The summed E-state index contributed by atoms with van der Waals surface area (Å²) in [6.07, 6.45) is -4.41. The van der Waals surface area contributed by atoms with Gasteiger partial charge in [-0.3, -0.25) is 4.79 Å². The van der Waals surface area contributed by atoms with Crippen LogP contribution in [0.15, 0.2) is 30.3 Å². The molecule has 5 atom stereocenters. The molecular formula is C15H21NO6. The highest BCUT2D eigenvalue weighted by molar-refractivity contribution is 5.73. The Morgan fingerprint density at radius 2 is 2.00 bits per heavy atom. The van der Waals surface area contributed by atoms with Crippen LogP contribution >= 0.6 is 0 Å². The van der Waals surface area contributed by atoms with Crippen LogP contribution in [0.1, 0.15) is 12.5 Å². The van der Waals surface area contributed by atoms with Crippen molar-refractivity contribution < 1.29 is 29.6 Å². The number of benzene rings is 1. The highest BCUT2D eigenvalue weighted by Gasteiger charge is 2.45. The summed E-state index contributed by atoms with van der Waals surface area (Å²) in [6.45, 7) is 1.03. The number of aliphatic hydroxyl groups is 3. The van der Waals surface area contributed by atoms with Gasteiger partial charge in [0.1, 0.15) is 24.4 Å². The fourth-order valence-electron chi connectivity index (χ4n) is 2.44. The average Bonchev–Trinajstić information content (AvgIpc) is 2.50. The lowest BCUT2D eigenvalue weighted by molar-refractivity contribution is -0.263. The second-order valence-corrected chi connectivity index (χ2v) is 5.23. The standard InChI is InChI=1S/C15H21NO6/c1-9(18)16-12-14(13(19)11(7-17)22-15(12)20)21-8-10-5-3-2-4-6-10/h2-6,11-15,17,19-20H,7-8H2,1H3,(H,16,18)/t11-,12-,13?,14-,15+/m1/s1. The van der Waals surface area contributed by atoms with Gasteiger partial charge in [-0.15, -0.1) is 0 Å². The highest BCUT2D eigenvalue weighted by Crippen LogP contribution is 2.23. The fraction of sp³-hybridized carbons (Fsp3) is 0.533. The first-order valence-corrected chi connectivity index (χ1v) is 7.08. The summed E-state index contributed by atoms with van der Waals surface area (Å²) in [5.41, 5.74) is 0.887. The molecule has 1 unspecified atom stereocenters. The number of carbonyl (C=O) groups excluding carboxylic acids is 1. The second kappa shape index (κ2) is 7.66. The summed E-state index contributed by atoms with van der Waals surface area (Å²) < 4.78 is 10.8. The molecule has 2 rings (SSSR count). The van der Waals surface area contributed by atoms with Gasteiger partial charge in [-0.1, -0.05) is 30.3 Å². The van der Waals surface area contributed by atoms with Gasteiger partial charge in [-0.25, -0.2) is 0 Å². The minimum atomic E-state index is -1.37. The maximum atomic E-state index is 11.3. The van der Waals surface area contributed by atoms with E-state index >= 15 is 0 Å². The number of aliphatic hydroxyl groups excluding tert-OH is 3. The van der Waals surface area contributed by atoms with Gasteiger partial charge >= 0.3 is 0 Å². The lowest BCUT2D eigenvalue weighted by atomic mass is 9.96. The van der Waals surface area contributed by atoms with E-state index < -0.39 is 37.3 Å². The molecular weight excluding hydrogens is 290 g/mol. The third-order valence-electron chi connectivity index (χ3n) is 3.53. The van der Waals surface area contributed by atoms with Crippen LogP contribution in [0.4, 0.5) is 0 Å². The summed E-state index contributed by atoms with van der Waals surface area (Å²) >= 11 is 0. The molecule has 1 amide bonds. The van der Waals surface area contributed by atoms with Crippen molar-refractivity contribution in [2.75, 3.05) is 6.61 Å². The van der Waals surface area contributed by atoms with Crippen molar-refractivity contribution >= 4 is 5.91 Å². The van der Waals surface area contributed by atoms with Gasteiger partial charge in [0.25, 0.3) is 0 Å². The van der Waals surface area contributed by atoms with Crippen molar-refractivity contribution in [3.63, 3.8) is 0 Å². The predicted molar refractivity (Wildman–Crippen MR) is 76.6 cm³/mol. The molecule has 7 heteroatoms. The number of hydrogen-bond donors (Lipinski definition) is 4. The Hall–Kier alpha value is -1.51. The zero-order chi connectivity index (χ0) is 16.1. The van der Waals surface area contributed by atoms with E-state index in [0.717, 1.165) is 5.56 Å². The molecule has 0 bridgehead atoms. The Kier molecular flexibility index (Phi) is 5.87. The molecule has 0 aromatic heterocycles. The topological polar surface area (TPSA) is 108 Å². The van der Waals surface area contributed by atoms with E-state index in [4.69, 9.17) is 9.47 Å². The normalized spacial score (nSPS) is 31.7. The van der Waals surface area contributed by atoms with E-state index in [2.05, 4.69) is 5.32 Å². The number of amides is 1. The van der Waals surface area contributed by atoms with E-state index in [1.54, 1.807) is 0 Å². The van der Waals surface area contributed by atoms with Crippen molar-refractivity contribution in [1.82, 2.24) is 5.32 Å². The third kappa shape index (κ3) is 4.02. The zero-order valence-electron chi connectivity index (χ0n) is 12.3. The molecule has 1 fully saturated rings. The molecule has 0 aliphatic carbocycles. The SMILES string of the molecule is CC(=O)N[C@H]1[C@@H](O)O[C@H](CO)C(O)[C@@H]1OCc1ccccc1. The first-order chi connectivity index (χ1) is 10.5. The number of ether oxygens (including phenoxy) is 2. The van der Waals surface area contributed by atoms with Gasteiger partial charge in [-0.2, -0.15) is 0 Å². The highest BCUT2D eigenvalue weighted by atomic mass is 16.6. The molecule has 1 aromatic carbocycles. The summed E-state index contributed by atoms with van der Waals surface area (Å²) in [4.78, 5) is 11.3. The first kappa shape index (κ1) is 16.9. The quantitative estimate of drug-likeness (QED) is 0.564. The first-order valence-electron chi connectivity index (χ1n) is 7.08. The number of carbonyl (C=O) groups is 1. The molecule has 1 aliphatic heterocycles. The minimum absolute atomic E-state index is 0.198. The molecule has 22 heavy (non-hydrogen) atoms. The molecule has 1 heterocycles. The smallest absolute Gasteiger partial charge is 0.217 e. The number of hydrogen-bond acceptors (Lipinski definition) is 6. The maximum Gasteiger partial charge on any atom is 0.217 e. The molecule has 0 radical (unpaired) electrons. The summed E-state index contributed by atoms with van der Waals surface area (Å²) in [6, 6.07) is 8.39. The Bertz CT molecular complexity index is 482. The Balaban J connectivity index is 2.10. The van der Waals surface area contributed by atoms with E-state index in [-0.39, 0.29) is 12.5 Å². The van der Waals surface area contributed by atoms with Gasteiger partial charge in [0.05, 0.1) is 13.2 Å². The molecule has 0 spiro atoms. The monoisotopic (exact) mass is 311 g/mol. The van der Waals surface area contributed by atoms with E-state index in [1.165, 1.54) is 6.92 Å². The van der Waals surface area contributed by atoms with Crippen LogP contribution < -0.4 is 5.32 Å². The number of nitrogens with one attached hydrogen (secondary N) is 1. The van der Waals surface area contributed by atoms with E-state index in [9.17, 15) is 20.1 Å².